The molecule has 1 aromatic rings. The average molecular weight is 255 g/mol. The van der Waals surface area contributed by atoms with Crippen LogP contribution in [0.25, 0.3) is 0 Å². The Kier molecular flexibility index (Phi) is 5.65. The van der Waals surface area contributed by atoms with Crippen LogP contribution in [0.15, 0.2) is 11.4 Å². The first-order valence-electron chi connectivity index (χ1n) is 5.87. The molecule has 0 saturated carbocycles. The molecule has 0 aliphatic carbocycles. The van der Waals surface area contributed by atoms with Crippen LogP contribution in [-0.4, -0.2) is 19.6 Å². The predicted molar refractivity (Wildman–Crippen MR) is 71.1 cm³/mol. The second-order valence-corrected chi connectivity index (χ2v) is 5.53. The first-order valence-corrected chi connectivity index (χ1v) is 6.75. The fourth-order valence-electron chi connectivity index (χ4n) is 1.67. The molecule has 0 bridgehead atoms. The van der Waals surface area contributed by atoms with Crippen LogP contribution in [0.3, 0.4) is 0 Å². The largest absolute Gasteiger partial charge is 0.469 e. The molecular formula is C13H21NO2S. The lowest BCUT2D eigenvalue weighted by atomic mass is 9.96. The molecule has 0 saturated heterocycles. The van der Waals surface area contributed by atoms with E-state index in [-0.39, 0.29) is 11.9 Å². The smallest absolute Gasteiger partial charge is 0.310 e. The quantitative estimate of drug-likeness (QED) is 0.794. The van der Waals surface area contributed by atoms with E-state index in [4.69, 9.17) is 4.74 Å². The third-order valence-electron chi connectivity index (χ3n) is 2.93. The number of carbonyl (C=O) groups is 1. The van der Waals surface area contributed by atoms with Gasteiger partial charge in [-0.2, -0.15) is 0 Å². The van der Waals surface area contributed by atoms with Gasteiger partial charge in [0.05, 0.1) is 13.0 Å². The van der Waals surface area contributed by atoms with Crippen LogP contribution in [0.5, 0.6) is 0 Å². The summed E-state index contributed by atoms with van der Waals surface area (Å²) in [6.07, 6.45) is 0. The Labute approximate surface area is 107 Å². The minimum Gasteiger partial charge on any atom is -0.469 e. The van der Waals surface area contributed by atoms with E-state index < -0.39 is 0 Å². The maximum Gasteiger partial charge on any atom is 0.310 e. The molecule has 0 amide bonds. The molecule has 0 aliphatic heterocycles. The monoisotopic (exact) mass is 255 g/mol. The highest BCUT2D eigenvalue weighted by atomic mass is 32.1. The molecule has 0 aliphatic rings. The number of nitrogens with one attached hydrogen (secondary N) is 1. The van der Waals surface area contributed by atoms with Crippen LogP contribution in [-0.2, 0) is 16.1 Å². The number of thiophene rings is 1. The van der Waals surface area contributed by atoms with E-state index >= 15 is 0 Å². The van der Waals surface area contributed by atoms with Crippen molar-refractivity contribution >= 4 is 17.3 Å². The van der Waals surface area contributed by atoms with Gasteiger partial charge in [0.2, 0.25) is 0 Å². The first-order chi connectivity index (χ1) is 8.06. The number of aryl methyl sites for hydroxylation is 1. The van der Waals surface area contributed by atoms with Crippen LogP contribution in [0, 0.1) is 18.8 Å². The van der Waals surface area contributed by atoms with Crippen LogP contribution in [0.2, 0.25) is 0 Å². The van der Waals surface area contributed by atoms with Crippen molar-refractivity contribution in [2.24, 2.45) is 11.8 Å². The molecule has 1 rings (SSSR count). The fraction of sp³-hybridized carbons (Fsp3) is 0.615. The standard InChI is InChI=1S/C13H21NO2S/c1-9(2)11(13(15)16-4)7-14-8-12-10(3)5-6-17-12/h5-6,9,11,14H,7-8H2,1-4H3. The summed E-state index contributed by atoms with van der Waals surface area (Å²) in [5.74, 6) is 0.0926. The number of esters is 1. The normalized spacial score (nSPS) is 12.8. The Bertz CT molecular complexity index is 360. The zero-order valence-corrected chi connectivity index (χ0v) is 11.8. The van der Waals surface area contributed by atoms with Crippen LogP contribution >= 0.6 is 11.3 Å². The van der Waals surface area contributed by atoms with Crippen molar-refractivity contribution in [1.82, 2.24) is 5.32 Å². The molecule has 17 heavy (non-hydrogen) atoms. The van der Waals surface area contributed by atoms with Gasteiger partial charge in [0, 0.05) is 18.0 Å². The lowest BCUT2D eigenvalue weighted by Crippen LogP contribution is -2.32. The van der Waals surface area contributed by atoms with Gasteiger partial charge in [-0.15, -0.1) is 11.3 Å². The topological polar surface area (TPSA) is 38.3 Å². The molecule has 0 fully saturated rings. The molecule has 0 aromatic carbocycles. The third-order valence-corrected chi connectivity index (χ3v) is 3.95. The van der Waals surface area contributed by atoms with Crippen molar-refractivity contribution < 1.29 is 9.53 Å². The maximum absolute atomic E-state index is 11.6. The Morgan fingerprint density at radius 2 is 2.24 bits per heavy atom. The van der Waals surface area contributed by atoms with Crippen LogP contribution in [0.4, 0.5) is 0 Å². The molecule has 0 radical (unpaired) electrons. The number of hydrogen-bond donors (Lipinski definition) is 1. The average Bonchev–Trinajstić information content (AvgIpc) is 2.69. The van der Waals surface area contributed by atoms with Gasteiger partial charge in [-0.05, 0) is 29.9 Å². The Hall–Kier alpha value is -0.870. The highest BCUT2D eigenvalue weighted by Crippen LogP contribution is 2.16. The summed E-state index contributed by atoms with van der Waals surface area (Å²) in [5, 5.41) is 5.42. The van der Waals surface area contributed by atoms with Crippen molar-refractivity contribution in [3.05, 3.63) is 21.9 Å². The summed E-state index contributed by atoms with van der Waals surface area (Å²) < 4.78 is 4.81. The van der Waals surface area contributed by atoms with E-state index in [0.29, 0.717) is 12.5 Å². The molecule has 4 heteroatoms. The first kappa shape index (κ1) is 14.2. The van der Waals surface area contributed by atoms with Crippen molar-refractivity contribution in [3.8, 4) is 0 Å². The van der Waals surface area contributed by atoms with Gasteiger partial charge in [-0.1, -0.05) is 13.8 Å². The fourth-order valence-corrected chi connectivity index (χ4v) is 2.54. The maximum atomic E-state index is 11.6. The summed E-state index contributed by atoms with van der Waals surface area (Å²) in [7, 11) is 1.45. The molecular weight excluding hydrogens is 234 g/mol. The van der Waals surface area contributed by atoms with E-state index in [9.17, 15) is 4.79 Å². The third kappa shape index (κ3) is 4.13. The van der Waals surface area contributed by atoms with Crippen molar-refractivity contribution in [2.75, 3.05) is 13.7 Å². The van der Waals surface area contributed by atoms with Gasteiger partial charge in [-0.3, -0.25) is 4.79 Å². The molecule has 1 atom stereocenters. The second-order valence-electron chi connectivity index (χ2n) is 4.53. The molecule has 96 valence electrons. The van der Waals surface area contributed by atoms with E-state index in [1.807, 2.05) is 13.8 Å². The van der Waals surface area contributed by atoms with Gasteiger partial charge < -0.3 is 10.1 Å². The summed E-state index contributed by atoms with van der Waals surface area (Å²) in [6, 6.07) is 2.11. The van der Waals surface area contributed by atoms with Crippen LogP contribution in [0.1, 0.15) is 24.3 Å². The molecule has 0 spiro atoms. The Morgan fingerprint density at radius 3 is 2.71 bits per heavy atom. The molecule has 1 aromatic heterocycles. The number of ether oxygens (including phenoxy) is 1. The van der Waals surface area contributed by atoms with Gasteiger partial charge in [0.1, 0.15) is 0 Å². The zero-order chi connectivity index (χ0) is 12.8. The minimum atomic E-state index is -0.129. The Balaban J connectivity index is 2.43. The zero-order valence-electron chi connectivity index (χ0n) is 10.9. The van der Waals surface area contributed by atoms with Crippen LogP contribution < -0.4 is 5.32 Å². The number of carbonyl (C=O) groups excluding carboxylic acids is 1. The highest BCUT2D eigenvalue weighted by Gasteiger charge is 2.22. The summed E-state index contributed by atoms with van der Waals surface area (Å²) in [5.41, 5.74) is 1.31. The van der Waals surface area contributed by atoms with E-state index in [1.165, 1.54) is 17.6 Å². The van der Waals surface area contributed by atoms with Gasteiger partial charge >= 0.3 is 5.97 Å². The molecule has 1 heterocycles. The molecule has 3 nitrogen and oxygen atoms in total. The second kappa shape index (κ2) is 6.77. The number of hydrogen-bond acceptors (Lipinski definition) is 4. The molecule has 1 unspecified atom stereocenters. The van der Waals surface area contributed by atoms with Gasteiger partial charge in [-0.25, -0.2) is 0 Å². The van der Waals surface area contributed by atoms with E-state index in [0.717, 1.165) is 6.54 Å². The van der Waals surface area contributed by atoms with Crippen molar-refractivity contribution in [1.29, 1.82) is 0 Å². The Morgan fingerprint density at radius 1 is 1.53 bits per heavy atom. The lowest BCUT2D eigenvalue weighted by Gasteiger charge is -2.18. The van der Waals surface area contributed by atoms with Gasteiger partial charge in [0.25, 0.3) is 0 Å². The van der Waals surface area contributed by atoms with E-state index in [1.54, 1.807) is 11.3 Å². The van der Waals surface area contributed by atoms with Gasteiger partial charge in [0.15, 0.2) is 0 Å². The SMILES string of the molecule is COC(=O)C(CNCc1sccc1C)C(C)C. The minimum absolute atomic E-state index is 0.0692. The summed E-state index contributed by atoms with van der Waals surface area (Å²) in [6.45, 7) is 7.68. The van der Waals surface area contributed by atoms with Crippen molar-refractivity contribution in [3.63, 3.8) is 0 Å². The van der Waals surface area contributed by atoms with E-state index in [2.05, 4.69) is 23.7 Å². The lowest BCUT2D eigenvalue weighted by molar-refractivity contribution is -0.146. The summed E-state index contributed by atoms with van der Waals surface area (Å²) >= 11 is 1.75. The predicted octanol–water partition coefficient (Wildman–Crippen LogP) is 2.59. The van der Waals surface area contributed by atoms with Crippen molar-refractivity contribution in [2.45, 2.75) is 27.3 Å². The number of methoxy groups -OCH3 is 1. The molecule has 1 N–H and O–H groups in total. The highest BCUT2D eigenvalue weighted by molar-refractivity contribution is 7.10. The summed E-state index contributed by atoms with van der Waals surface area (Å²) in [4.78, 5) is 12.9. The number of rotatable bonds is 6.